The minimum atomic E-state index is -0.904. The molecule has 0 bridgehead atoms. The first kappa shape index (κ1) is 12.6. The molecule has 0 aliphatic heterocycles. The van der Waals surface area contributed by atoms with Crippen molar-refractivity contribution in [2.24, 2.45) is 5.73 Å². The van der Waals surface area contributed by atoms with Crippen LogP contribution in [0.2, 0.25) is 0 Å². The average Bonchev–Trinajstić information content (AvgIpc) is 2.49. The van der Waals surface area contributed by atoms with Crippen molar-refractivity contribution in [1.29, 1.82) is 0 Å². The van der Waals surface area contributed by atoms with E-state index in [-0.39, 0.29) is 0 Å². The molecule has 0 radical (unpaired) electrons. The first-order valence-electron chi connectivity index (χ1n) is 6.06. The lowest BCUT2D eigenvalue weighted by molar-refractivity contribution is 0.506. The second-order valence-electron chi connectivity index (χ2n) is 4.46. The lowest BCUT2D eigenvalue weighted by atomic mass is 9.99. The van der Waals surface area contributed by atoms with Crippen LogP contribution in [0.15, 0.2) is 48.8 Å². The smallest absolute Gasteiger partial charge is 0.159 e. The van der Waals surface area contributed by atoms with E-state index in [0.29, 0.717) is 11.1 Å². The Morgan fingerprint density at radius 2 is 1.45 bits per heavy atom. The number of benzene rings is 2. The van der Waals surface area contributed by atoms with E-state index in [2.05, 4.69) is 9.97 Å². The third-order valence-electron chi connectivity index (χ3n) is 3.16. The van der Waals surface area contributed by atoms with Crippen LogP contribution in [0.4, 0.5) is 8.78 Å². The molecule has 1 heterocycles. The van der Waals surface area contributed by atoms with Crippen LogP contribution >= 0.6 is 0 Å². The molecule has 1 unspecified atom stereocenters. The topological polar surface area (TPSA) is 51.8 Å². The first-order chi connectivity index (χ1) is 9.65. The minimum absolute atomic E-state index is 0.507. The lowest BCUT2D eigenvalue weighted by Gasteiger charge is -2.13. The fraction of sp³-hybridized carbons (Fsp3) is 0.0667. The summed E-state index contributed by atoms with van der Waals surface area (Å²) in [4.78, 5) is 8.36. The van der Waals surface area contributed by atoms with Crippen molar-refractivity contribution in [3.05, 3.63) is 71.6 Å². The monoisotopic (exact) mass is 271 g/mol. The Labute approximate surface area is 114 Å². The summed E-state index contributed by atoms with van der Waals surface area (Å²) in [6, 6.07) is 8.53. The molecule has 1 atom stereocenters. The zero-order valence-electron chi connectivity index (χ0n) is 10.4. The molecule has 3 nitrogen and oxygen atoms in total. The predicted molar refractivity (Wildman–Crippen MR) is 71.9 cm³/mol. The Morgan fingerprint density at radius 3 is 2.20 bits per heavy atom. The molecule has 2 aromatic carbocycles. The Bertz CT molecular complexity index is 774. The van der Waals surface area contributed by atoms with E-state index < -0.39 is 17.7 Å². The van der Waals surface area contributed by atoms with Crippen LogP contribution in [-0.4, -0.2) is 9.97 Å². The Kier molecular flexibility index (Phi) is 3.12. The molecular formula is C15H11F2N3. The molecule has 5 heteroatoms. The second kappa shape index (κ2) is 4.94. The van der Waals surface area contributed by atoms with Gasteiger partial charge in [-0.15, -0.1) is 0 Å². The van der Waals surface area contributed by atoms with Crippen molar-refractivity contribution in [2.45, 2.75) is 6.04 Å². The molecular weight excluding hydrogens is 260 g/mol. The number of nitrogens with two attached hydrogens (primary N) is 1. The second-order valence-corrected chi connectivity index (χ2v) is 4.46. The third kappa shape index (κ3) is 2.23. The molecule has 100 valence electrons. The van der Waals surface area contributed by atoms with Gasteiger partial charge in [-0.25, -0.2) is 8.78 Å². The van der Waals surface area contributed by atoms with Gasteiger partial charge in [0.1, 0.15) is 0 Å². The van der Waals surface area contributed by atoms with E-state index in [1.165, 1.54) is 6.07 Å². The van der Waals surface area contributed by atoms with Crippen molar-refractivity contribution >= 4 is 11.0 Å². The molecule has 0 aliphatic rings. The molecule has 0 fully saturated rings. The zero-order chi connectivity index (χ0) is 14.1. The van der Waals surface area contributed by atoms with E-state index in [0.717, 1.165) is 23.2 Å². The maximum absolute atomic E-state index is 13.3. The largest absolute Gasteiger partial charge is 0.320 e. The Morgan fingerprint density at radius 1 is 0.800 bits per heavy atom. The molecule has 0 saturated carbocycles. The first-order valence-corrected chi connectivity index (χ1v) is 6.06. The highest BCUT2D eigenvalue weighted by Crippen LogP contribution is 2.23. The number of halogens is 2. The number of fused-ring (bicyclic) bond motifs is 1. The number of nitrogens with zero attached hydrogens (tertiary/aromatic N) is 2. The van der Waals surface area contributed by atoms with Gasteiger partial charge in [0.05, 0.1) is 17.1 Å². The number of aromatic nitrogens is 2. The highest BCUT2D eigenvalue weighted by molar-refractivity contribution is 5.74. The molecule has 3 rings (SSSR count). The van der Waals surface area contributed by atoms with Crippen LogP contribution in [-0.2, 0) is 0 Å². The summed E-state index contributed by atoms with van der Waals surface area (Å²) < 4.78 is 26.2. The fourth-order valence-electron chi connectivity index (χ4n) is 2.07. The predicted octanol–water partition coefficient (Wildman–Crippen LogP) is 2.96. The van der Waals surface area contributed by atoms with E-state index in [4.69, 9.17) is 5.73 Å². The lowest BCUT2D eigenvalue weighted by Crippen LogP contribution is -2.12. The molecule has 0 spiro atoms. The highest BCUT2D eigenvalue weighted by atomic mass is 19.2. The van der Waals surface area contributed by atoms with Gasteiger partial charge in [0.2, 0.25) is 0 Å². The van der Waals surface area contributed by atoms with Gasteiger partial charge in [-0.05, 0) is 35.4 Å². The number of hydrogen-bond acceptors (Lipinski definition) is 3. The van der Waals surface area contributed by atoms with E-state index in [1.54, 1.807) is 24.5 Å². The summed E-state index contributed by atoms with van der Waals surface area (Å²) in [5, 5.41) is 0. The van der Waals surface area contributed by atoms with Crippen LogP contribution in [0.3, 0.4) is 0 Å². The summed E-state index contributed by atoms with van der Waals surface area (Å²) in [6.07, 6.45) is 3.20. The normalized spacial score (nSPS) is 12.6. The third-order valence-corrected chi connectivity index (χ3v) is 3.16. The van der Waals surface area contributed by atoms with Gasteiger partial charge in [0.25, 0.3) is 0 Å². The van der Waals surface area contributed by atoms with Crippen LogP contribution in [0, 0.1) is 11.6 Å². The Balaban J connectivity index is 2.02. The van der Waals surface area contributed by atoms with Crippen molar-refractivity contribution in [3.63, 3.8) is 0 Å². The van der Waals surface area contributed by atoms with Crippen LogP contribution < -0.4 is 5.73 Å². The molecule has 3 aromatic rings. The van der Waals surface area contributed by atoms with Gasteiger partial charge in [-0.2, -0.15) is 0 Å². The van der Waals surface area contributed by atoms with Gasteiger partial charge >= 0.3 is 0 Å². The number of rotatable bonds is 2. The van der Waals surface area contributed by atoms with Crippen molar-refractivity contribution < 1.29 is 8.78 Å². The Hall–Kier alpha value is -2.40. The van der Waals surface area contributed by atoms with Gasteiger partial charge in [-0.3, -0.25) is 9.97 Å². The average molecular weight is 271 g/mol. The summed E-state index contributed by atoms with van der Waals surface area (Å²) in [5.41, 5.74) is 8.83. The highest BCUT2D eigenvalue weighted by Gasteiger charge is 2.12. The number of hydrogen-bond donors (Lipinski definition) is 1. The quantitative estimate of drug-likeness (QED) is 0.779. The van der Waals surface area contributed by atoms with Crippen molar-refractivity contribution in [3.8, 4) is 0 Å². The molecule has 20 heavy (non-hydrogen) atoms. The summed E-state index contributed by atoms with van der Waals surface area (Å²) in [7, 11) is 0. The maximum atomic E-state index is 13.3. The van der Waals surface area contributed by atoms with Crippen molar-refractivity contribution in [1.82, 2.24) is 9.97 Å². The van der Waals surface area contributed by atoms with E-state index in [1.807, 2.05) is 6.07 Å². The standard InChI is InChI=1S/C15H11F2N3/c16-11-3-1-9(7-12(11)17)15(18)10-2-4-13-14(8-10)20-6-5-19-13/h1-8,15H,18H2. The molecule has 1 aromatic heterocycles. The van der Waals surface area contributed by atoms with Gasteiger partial charge in [-0.1, -0.05) is 12.1 Å². The zero-order valence-corrected chi connectivity index (χ0v) is 10.4. The van der Waals surface area contributed by atoms with E-state index >= 15 is 0 Å². The van der Waals surface area contributed by atoms with Crippen LogP contribution in [0.5, 0.6) is 0 Å². The molecule has 0 aliphatic carbocycles. The fourth-order valence-corrected chi connectivity index (χ4v) is 2.07. The van der Waals surface area contributed by atoms with Gasteiger partial charge in [0, 0.05) is 12.4 Å². The molecule has 2 N–H and O–H groups in total. The minimum Gasteiger partial charge on any atom is -0.320 e. The van der Waals surface area contributed by atoms with Gasteiger partial charge in [0.15, 0.2) is 11.6 Å². The SMILES string of the molecule is NC(c1ccc(F)c(F)c1)c1ccc2nccnc2c1. The summed E-state index contributed by atoms with van der Waals surface area (Å²) in [6.45, 7) is 0. The summed E-state index contributed by atoms with van der Waals surface area (Å²) >= 11 is 0. The molecule has 0 amide bonds. The molecule has 0 saturated heterocycles. The van der Waals surface area contributed by atoms with E-state index in [9.17, 15) is 8.78 Å². The summed E-state index contributed by atoms with van der Waals surface area (Å²) in [5.74, 6) is -1.79. The van der Waals surface area contributed by atoms with Crippen LogP contribution in [0.1, 0.15) is 17.2 Å². The van der Waals surface area contributed by atoms with Crippen LogP contribution in [0.25, 0.3) is 11.0 Å². The maximum Gasteiger partial charge on any atom is 0.159 e. The van der Waals surface area contributed by atoms with Gasteiger partial charge < -0.3 is 5.73 Å². The van der Waals surface area contributed by atoms with Crippen molar-refractivity contribution in [2.75, 3.05) is 0 Å².